The molecule has 0 saturated carbocycles. The van der Waals surface area contributed by atoms with E-state index in [4.69, 9.17) is 9.15 Å². The van der Waals surface area contributed by atoms with Crippen LogP contribution in [0.2, 0.25) is 0 Å². The summed E-state index contributed by atoms with van der Waals surface area (Å²) in [6, 6.07) is 3.46. The summed E-state index contributed by atoms with van der Waals surface area (Å²) in [5.74, 6) is 0.982. The van der Waals surface area contributed by atoms with E-state index >= 15 is 0 Å². The lowest BCUT2D eigenvalue weighted by Crippen LogP contribution is -2.35. The zero-order valence-corrected chi connectivity index (χ0v) is 12.3. The number of hydrogen-bond acceptors (Lipinski definition) is 5. The van der Waals surface area contributed by atoms with E-state index in [9.17, 15) is 4.79 Å². The van der Waals surface area contributed by atoms with Crippen LogP contribution in [0.15, 0.2) is 16.5 Å². The van der Waals surface area contributed by atoms with Crippen molar-refractivity contribution in [1.29, 1.82) is 0 Å². The van der Waals surface area contributed by atoms with Gasteiger partial charge in [0.2, 0.25) is 5.76 Å². The maximum absolute atomic E-state index is 11.5. The van der Waals surface area contributed by atoms with Gasteiger partial charge in [0.15, 0.2) is 0 Å². The normalized spacial score (nSPS) is 23.8. The predicted octanol–water partition coefficient (Wildman–Crippen LogP) is 2.53. The first-order chi connectivity index (χ1) is 9.67. The van der Waals surface area contributed by atoms with Crippen molar-refractivity contribution in [3.8, 4) is 0 Å². The van der Waals surface area contributed by atoms with Crippen molar-refractivity contribution in [1.82, 2.24) is 5.32 Å². The number of furan rings is 1. The summed E-state index contributed by atoms with van der Waals surface area (Å²) < 4.78 is 16.1. The van der Waals surface area contributed by atoms with E-state index in [0.29, 0.717) is 5.92 Å². The molecule has 5 nitrogen and oxygen atoms in total. The predicted molar refractivity (Wildman–Crippen MR) is 74.6 cm³/mol. The van der Waals surface area contributed by atoms with Crippen molar-refractivity contribution in [2.45, 2.75) is 38.8 Å². The number of rotatable bonds is 6. The molecular weight excluding hydrogens is 258 g/mol. The number of esters is 1. The Balaban J connectivity index is 2.17. The summed E-state index contributed by atoms with van der Waals surface area (Å²) in [5.41, 5.74) is 0. The minimum atomic E-state index is -0.453. The molecule has 1 fully saturated rings. The van der Waals surface area contributed by atoms with Crippen LogP contribution in [-0.4, -0.2) is 32.3 Å². The van der Waals surface area contributed by atoms with E-state index < -0.39 is 5.97 Å². The topological polar surface area (TPSA) is 60.7 Å². The number of carbonyl (C=O) groups is 1. The summed E-state index contributed by atoms with van der Waals surface area (Å²) in [6.07, 6.45) is 2.17. The fourth-order valence-corrected chi connectivity index (χ4v) is 2.55. The highest BCUT2D eigenvalue weighted by Gasteiger charge is 2.34. The van der Waals surface area contributed by atoms with Crippen LogP contribution in [-0.2, 0) is 9.47 Å². The van der Waals surface area contributed by atoms with Gasteiger partial charge in [0.1, 0.15) is 5.76 Å². The van der Waals surface area contributed by atoms with E-state index in [2.05, 4.69) is 23.9 Å². The quantitative estimate of drug-likeness (QED) is 0.812. The number of methoxy groups -OCH3 is 1. The molecule has 112 valence electrons. The molecule has 1 aromatic rings. The van der Waals surface area contributed by atoms with Crippen LogP contribution < -0.4 is 5.32 Å². The Morgan fingerprint density at radius 2 is 2.35 bits per heavy atom. The second-order valence-electron chi connectivity index (χ2n) is 5.23. The SMILES string of the molecule is CCCNC(c1ccc(C(=O)OC)o1)C1OCCC1C. The standard InChI is InChI=1S/C15H23NO4/c1-4-8-16-13(14-10(2)7-9-19-14)11-5-6-12(20-11)15(17)18-3/h5-6,10,13-14,16H,4,7-9H2,1-3H3. The van der Waals surface area contributed by atoms with Crippen LogP contribution in [0.1, 0.15) is 49.0 Å². The molecule has 1 aliphatic rings. The van der Waals surface area contributed by atoms with Crippen molar-refractivity contribution < 1.29 is 18.7 Å². The lowest BCUT2D eigenvalue weighted by atomic mass is 9.96. The fourth-order valence-electron chi connectivity index (χ4n) is 2.55. The third-order valence-corrected chi connectivity index (χ3v) is 3.71. The molecule has 20 heavy (non-hydrogen) atoms. The van der Waals surface area contributed by atoms with Crippen LogP contribution in [0.5, 0.6) is 0 Å². The highest BCUT2D eigenvalue weighted by atomic mass is 16.5. The van der Waals surface area contributed by atoms with Gasteiger partial charge in [-0.3, -0.25) is 0 Å². The Morgan fingerprint density at radius 3 is 2.95 bits per heavy atom. The number of carbonyl (C=O) groups excluding carboxylic acids is 1. The number of nitrogens with one attached hydrogen (secondary N) is 1. The molecule has 0 radical (unpaired) electrons. The molecule has 1 aromatic heterocycles. The summed E-state index contributed by atoms with van der Waals surface area (Å²) >= 11 is 0. The van der Waals surface area contributed by atoms with Gasteiger partial charge in [0, 0.05) is 6.61 Å². The lowest BCUT2D eigenvalue weighted by Gasteiger charge is -2.25. The molecule has 0 bridgehead atoms. The summed E-state index contributed by atoms with van der Waals surface area (Å²) in [6.45, 7) is 5.96. The van der Waals surface area contributed by atoms with Gasteiger partial charge in [0.25, 0.3) is 0 Å². The van der Waals surface area contributed by atoms with Gasteiger partial charge in [-0.05, 0) is 37.4 Å². The zero-order chi connectivity index (χ0) is 14.5. The van der Waals surface area contributed by atoms with Crippen LogP contribution >= 0.6 is 0 Å². The Bertz CT molecular complexity index is 443. The van der Waals surface area contributed by atoms with Gasteiger partial charge in [0.05, 0.1) is 19.3 Å². The monoisotopic (exact) mass is 281 g/mol. The van der Waals surface area contributed by atoms with Gasteiger partial charge >= 0.3 is 5.97 Å². The van der Waals surface area contributed by atoms with E-state index in [1.165, 1.54) is 7.11 Å². The van der Waals surface area contributed by atoms with Crippen LogP contribution in [0.4, 0.5) is 0 Å². The largest absolute Gasteiger partial charge is 0.463 e. The molecule has 1 aliphatic heterocycles. The first kappa shape index (κ1) is 15.1. The van der Waals surface area contributed by atoms with Crippen molar-refractivity contribution in [2.75, 3.05) is 20.3 Å². The lowest BCUT2D eigenvalue weighted by molar-refractivity contribution is 0.0488. The van der Waals surface area contributed by atoms with Crippen molar-refractivity contribution in [3.05, 3.63) is 23.7 Å². The van der Waals surface area contributed by atoms with E-state index in [1.807, 2.05) is 6.07 Å². The third kappa shape index (κ3) is 3.22. The van der Waals surface area contributed by atoms with Crippen LogP contribution in [0.25, 0.3) is 0 Å². The molecule has 0 aliphatic carbocycles. The maximum atomic E-state index is 11.5. The third-order valence-electron chi connectivity index (χ3n) is 3.71. The highest BCUT2D eigenvalue weighted by molar-refractivity contribution is 5.86. The van der Waals surface area contributed by atoms with Gasteiger partial charge in [-0.2, -0.15) is 0 Å². The molecule has 0 spiro atoms. The fraction of sp³-hybridized carbons (Fsp3) is 0.667. The number of ether oxygens (including phenoxy) is 2. The minimum Gasteiger partial charge on any atom is -0.463 e. The molecule has 2 rings (SSSR count). The second kappa shape index (κ2) is 6.90. The molecule has 0 aromatic carbocycles. The smallest absolute Gasteiger partial charge is 0.373 e. The van der Waals surface area contributed by atoms with Crippen LogP contribution in [0, 0.1) is 5.92 Å². The van der Waals surface area contributed by atoms with Crippen molar-refractivity contribution in [3.63, 3.8) is 0 Å². The Labute approximate surface area is 119 Å². The van der Waals surface area contributed by atoms with Gasteiger partial charge in [-0.15, -0.1) is 0 Å². The van der Waals surface area contributed by atoms with E-state index in [1.54, 1.807) is 6.07 Å². The van der Waals surface area contributed by atoms with Gasteiger partial charge < -0.3 is 19.2 Å². The molecule has 1 N–H and O–H groups in total. The Morgan fingerprint density at radius 1 is 1.55 bits per heavy atom. The van der Waals surface area contributed by atoms with Gasteiger partial charge in [-0.1, -0.05) is 13.8 Å². The Kier molecular flexibility index (Phi) is 5.20. The van der Waals surface area contributed by atoms with E-state index in [-0.39, 0.29) is 17.9 Å². The molecule has 5 heteroatoms. The molecule has 1 saturated heterocycles. The van der Waals surface area contributed by atoms with Crippen molar-refractivity contribution in [2.24, 2.45) is 5.92 Å². The molecule has 3 unspecified atom stereocenters. The zero-order valence-electron chi connectivity index (χ0n) is 12.3. The van der Waals surface area contributed by atoms with E-state index in [0.717, 1.165) is 31.8 Å². The van der Waals surface area contributed by atoms with Crippen LogP contribution in [0.3, 0.4) is 0 Å². The first-order valence-corrected chi connectivity index (χ1v) is 7.20. The maximum Gasteiger partial charge on any atom is 0.373 e. The summed E-state index contributed by atoms with van der Waals surface area (Å²) in [7, 11) is 1.35. The molecular formula is C15H23NO4. The average Bonchev–Trinajstić information content (AvgIpc) is 3.09. The van der Waals surface area contributed by atoms with Crippen molar-refractivity contribution >= 4 is 5.97 Å². The summed E-state index contributed by atoms with van der Waals surface area (Å²) in [4.78, 5) is 11.5. The molecule has 3 atom stereocenters. The second-order valence-corrected chi connectivity index (χ2v) is 5.23. The average molecular weight is 281 g/mol. The Hall–Kier alpha value is -1.33. The first-order valence-electron chi connectivity index (χ1n) is 7.20. The number of hydrogen-bond donors (Lipinski definition) is 1. The molecule has 0 amide bonds. The molecule has 2 heterocycles. The summed E-state index contributed by atoms with van der Waals surface area (Å²) in [5, 5.41) is 3.46. The highest BCUT2D eigenvalue weighted by Crippen LogP contribution is 2.32. The van der Waals surface area contributed by atoms with Gasteiger partial charge in [-0.25, -0.2) is 4.79 Å². The minimum absolute atomic E-state index is 0.0224.